The van der Waals surface area contributed by atoms with Crippen LogP contribution in [0.3, 0.4) is 0 Å². The molecular weight excluding hydrogens is 581 g/mol. The summed E-state index contributed by atoms with van der Waals surface area (Å²) in [5.74, 6) is -0.533. The normalized spacial score (nSPS) is 14.2. The highest BCUT2D eigenvalue weighted by atomic mass is 35.5. The second kappa shape index (κ2) is 11.5. The average molecular weight is 605 g/mol. The van der Waals surface area contributed by atoms with E-state index in [-0.39, 0.29) is 11.6 Å². The molecule has 1 amide bonds. The standard InChI is InChI=1S/C32H24ClF3N4O3/c33-28-9-6-21(16-27(28)32(34,35)36)30(41)39-14-11-23(12-15-39)40-19-38-18-29(40)20-4-7-24(8-5-20)43-31(42)26-3-1-2-22-17-37-13-10-25(22)26/h1-10,13,16-19,23H,11-12,14-15H2. The molecule has 1 aliphatic heterocycles. The molecule has 0 spiro atoms. The maximum Gasteiger partial charge on any atom is 0.417 e. The number of alkyl halides is 3. The summed E-state index contributed by atoms with van der Waals surface area (Å²) in [7, 11) is 0. The summed E-state index contributed by atoms with van der Waals surface area (Å²) >= 11 is 5.71. The number of hydrogen-bond acceptors (Lipinski definition) is 5. The Morgan fingerprint density at radius 2 is 1.70 bits per heavy atom. The summed E-state index contributed by atoms with van der Waals surface area (Å²) in [6, 6.07) is 17.6. The van der Waals surface area contributed by atoms with Crippen molar-refractivity contribution in [3.8, 4) is 17.0 Å². The third-order valence-corrected chi connectivity index (χ3v) is 7.92. The Hall–Kier alpha value is -4.70. The molecule has 0 atom stereocenters. The number of hydrogen-bond donors (Lipinski definition) is 0. The number of fused-ring (bicyclic) bond motifs is 1. The fraction of sp³-hybridized carbons (Fsp3) is 0.188. The van der Waals surface area contributed by atoms with Crippen LogP contribution in [0.2, 0.25) is 5.02 Å². The molecule has 43 heavy (non-hydrogen) atoms. The Kier molecular flexibility index (Phi) is 7.62. The first-order chi connectivity index (χ1) is 20.7. The van der Waals surface area contributed by atoms with Gasteiger partial charge in [-0.05, 0) is 72.8 Å². The average Bonchev–Trinajstić information content (AvgIpc) is 3.51. The van der Waals surface area contributed by atoms with Crippen LogP contribution in [0, 0.1) is 0 Å². The van der Waals surface area contributed by atoms with Crippen molar-refractivity contribution in [2.24, 2.45) is 0 Å². The van der Waals surface area contributed by atoms with Crippen molar-refractivity contribution in [1.82, 2.24) is 19.4 Å². The van der Waals surface area contributed by atoms with Gasteiger partial charge in [0.2, 0.25) is 0 Å². The number of piperidine rings is 1. The molecule has 3 heterocycles. The number of halogens is 4. The van der Waals surface area contributed by atoms with Gasteiger partial charge in [0.25, 0.3) is 5.91 Å². The third kappa shape index (κ3) is 5.83. The molecule has 6 rings (SSSR count). The number of carbonyl (C=O) groups excluding carboxylic acids is 2. The molecule has 0 N–H and O–H groups in total. The van der Waals surface area contributed by atoms with E-state index < -0.39 is 28.6 Å². The number of rotatable bonds is 5. The minimum Gasteiger partial charge on any atom is -0.423 e. The molecule has 0 aliphatic carbocycles. The quantitative estimate of drug-likeness (QED) is 0.154. The van der Waals surface area contributed by atoms with E-state index in [2.05, 4.69) is 9.97 Å². The highest BCUT2D eigenvalue weighted by Gasteiger charge is 2.34. The zero-order valence-corrected chi connectivity index (χ0v) is 23.3. The van der Waals surface area contributed by atoms with Gasteiger partial charge in [0.15, 0.2) is 0 Å². The molecule has 1 saturated heterocycles. The van der Waals surface area contributed by atoms with E-state index in [0.717, 1.165) is 34.2 Å². The minimum absolute atomic E-state index is 0.0378. The number of imidazole rings is 1. The van der Waals surface area contributed by atoms with Gasteiger partial charge in [-0.3, -0.25) is 9.78 Å². The lowest BCUT2D eigenvalue weighted by atomic mass is 10.0. The number of likely N-dealkylation sites (tertiary alicyclic amines) is 1. The Bertz CT molecular complexity index is 1810. The smallest absolute Gasteiger partial charge is 0.417 e. The van der Waals surface area contributed by atoms with E-state index >= 15 is 0 Å². The van der Waals surface area contributed by atoms with Crippen LogP contribution in [0.1, 0.15) is 45.2 Å². The van der Waals surface area contributed by atoms with Crippen molar-refractivity contribution in [3.63, 3.8) is 0 Å². The van der Waals surface area contributed by atoms with Gasteiger partial charge in [0.1, 0.15) is 5.75 Å². The zero-order valence-electron chi connectivity index (χ0n) is 22.6. The molecule has 0 saturated carbocycles. The Labute approximate surface area is 249 Å². The number of benzene rings is 3. The number of nitrogens with zero attached hydrogens (tertiary/aromatic N) is 4. The Balaban J connectivity index is 1.12. The van der Waals surface area contributed by atoms with Gasteiger partial charge < -0.3 is 14.2 Å². The summed E-state index contributed by atoms with van der Waals surface area (Å²) in [5, 5.41) is 1.16. The number of aromatic nitrogens is 3. The first-order valence-electron chi connectivity index (χ1n) is 13.5. The second-order valence-electron chi connectivity index (χ2n) is 10.2. The van der Waals surface area contributed by atoms with Crippen LogP contribution in [-0.4, -0.2) is 44.4 Å². The molecule has 1 fully saturated rings. The van der Waals surface area contributed by atoms with E-state index in [0.29, 0.717) is 37.2 Å². The Morgan fingerprint density at radius 3 is 2.44 bits per heavy atom. The predicted molar refractivity (Wildman–Crippen MR) is 155 cm³/mol. The van der Waals surface area contributed by atoms with Crippen LogP contribution >= 0.6 is 11.6 Å². The van der Waals surface area contributed by atoms with Crippen LogP contribution in [-0.2, 0) is 6.18 Å². The van der Waals surface area contributed by atoms with Crippen molar-refractivity contribution in [1.29, 1.82) is 0 Å². The highest BCUT2D eigenvalue weighted by molar-refractivity contribution is 6.31. The van der Waals surface area contributed by atoms with Gasteiger partial charge in [-0.25, -0.2) is 9.78 Å². The molecule has 11 heteroatoms. The monoisotopic (exact) mass is 604 g/mol. The van der Waals surface area contributed by atoms with E-state index in [1.54, 1.807) is 60.1 Å². The lowest BCUT2D eigenvalue weighted by molar-refractivity contribution is -0.137. The van der Waals surface area contributed by atoms with Crippen molar-refractivity contribution >= 4 is 34.2 Å². The number of carbonyl (C=O) groups is 2. The Morgan fingerprint density at radius 1 is 0.930 bits per heavy atom. The molecule has 5 aromatic rings. The van der Waals surface area contributed by atoms with Crippen LogP contribution < -0.4 is 4.74 Å². The number of ether oxygens (including phenoxy) is 1. The van der Waals surface area contributed by atoms with Crippen molar-refractivity contribution in [2.45, 2.75) is 25.1 Å². The lowest BCUT2D eigenvalue weighted by Gasteiger charge is -2.33. The summed E-state index contributed by atoms with van der Waals surface area (Å²) in [6.07, 6.45) is 3.36. The predicted octanol–water partition coefficient (Wildman–Crippen LogP) is 7.47. The first kappa shape index (κ1) is 28.4. The molecule has 0 unspecified atom stereocenters. The molecule has 1 aliphatic rings. The van der Waals surface area contributed by atoms with Crippen LogP contribution in [0.15, 0.2) is 91.6 Å². The van der Waals surface area contributed by atoms with Crippen LogP contribution in [0.4, 0.5) is 13.2 Å². The second-order valence-corrected chi connectivity index (χ2v) is 10.6. The van der Waals surface area contributed by atoms with E-state index in [1.165, 1.54) is 6.07 Å². The van der Waals surface area contributed by atoms with E-state index in [1.807, 2.05) is 22.8 Å². The summed E-state index contributed by atoms with van der Waals surface area (Å²) in [6.45, 7) is 0.758. The lowest BCUT2D eigenvalue weighted by Crippen LogP contribution is -2.39. The largest absolute Gasteiger partial charge is 0.423 e. The molecule has 3 aromatic carbocycles. The first-order valence-corrected chi connectivity index (χ1v) is 13.9. The van der Waals surface area contributed by atoms with Gasteiger partial charge in [-0.1, -0.05) is 23.7 Å². The maximum absolute atomic E-state index is 13.3. The molecule has 7 nitrogen and oxygen atoms in total. The van der Waals surface area contributed by atoms with Gasteiger partial charge in [-0.2, -0.15) is 13.2 Å². The minimum atomic E-state index is -4.65. The van der Waals surface area contributed by atoms with Gasteiger partial charge in [0.05, 0.1) is 34.4 Å². The molecule has 0 bridgehead atoms. The number of amides is 1. The molecule has 218 valence electrons. The van der Waals surface area contributed by atoms with Crippen molar-refractivity contribution in [2.75, 3.05) is 13.1 Å². The molecule has 2 aromatic heterocycles. The molecule has 0 radical (unpaired) electrons. The number of pyridine rings is 1. The topological polar surface area (TPSA) is 77.3 Å². The number of esters is 1. The van der Waals surface area contributed by atoms with Crippen LogP contribution in [0.5, 0.6) is 5.75 Å². The SMILES string of the molecule is O=C(Oc1ccc(-c2cncn2C2CCN(C(=O)c3ccc(Cl)c(C(F)(F)F)c3)CC2)cc1)c1cccc2cnccc12. The fourth-order valence-electron chi connectivity index (χ4n) is 5.38. The summed E-state index contributed by atoms with van der Waals surface area (Å²) < 4.78 is 47.5. The fourth-order valence-corrected chi connectivity index (χ4v) is 5.61. The van der Waals surface area contributed by atoms with Crippen LogP contribution in [0.25, 0.3) is 22.0 Å². The van der Waals surface area contributed by atoms with Gasteiger partial charge >= 0.3 is 12.1 Å². The van der Waals surface area contributed by atoms with E-state index in [4.69, 9.17) is 16.3 Å². The van der Waals surface area contributed by atoms with Gasteiger partial charge in [-0.15, -0.1) is 0 Å². The molecular formula is C32H24ClF3N4O3. The van der Waals surface area contributed by atoms with Crippen molar-refractivity contribution in [3.05, 3.63) is 113 Å². The zero-order chi connectivity index (χ0) is 30.1. The maximum atomic E-state index is 13.3. The summed E-state index contributed by atoms with van der Waals surface area (Å²) in [4.78, 5) is 35.9. The third-order valence-electron chi connectivity index (χ3n) is 7.59. The van der Waals surface area contributed by atoms with Crippen molar-refractivity contribution < 1.29 is 27.5 Å². The van der Waals surface area contributed by atoms with E-state index in [9.17, 15) is 22.8 Å². The summed E-state index contributed by atoms with van der Waals surface area (Å²) in [5.41, 5.74) is 1.11. The van der Waals surface area contributed by atoms with Gasteiger partial charge in [0, 0.05) is 48.0 Å². The highest BCUT2D eigenvalue weighted by Crippen LogP contribution is 2.36.